The molecule has 0 spiro atoms. The van der Waals surface area contributed by atoms with Crippen molar-refractivity contribution < 1.29 is 9.90 Å². The molecule has 5 heteroatoms. The molecule has 0 bridgehead atoms. The standard InChI is InChI=1S/C17H12BrNO2S/c18-13-6-2-1-5-11(13)9-12(10-16(20)21)17-19-14-7-3-4-8-15(14)22-17/h1-9H,10H2,(H,20,21). The Balaban J connectivity index is 2.10. The van der Waals surface area contributed by atoms with E-state index < -0.39 is 5.97 Å². The minimum atomic E-state index is -0.863. The number of aromatic nitrogens is 1. The smallest absolute Gasteiger partial charge is 0.307 e. The van der Waals surface area contributed by atoms with Crippen molar-refractivity contribution in [2.24, 2.45) is 0 Å². The normalized spacial score (nSPS) is 11.8. The van der Waals surface area contributed by atoms with Crippen LogP contribution in [0.3, 0.4) is 0 Å². The maximum Gasteiger partial charge on any atom is 0.307 e. The van der Waals surface area contributed by atoms with Gasteiger partial charge in [-0.15, -0.1) is 11.3 Å². The first-order valence-corrected chi connectivity index (χ1v) is 8.27. The topological polar surface area (TPSA) is 50.2 Å². The van der Waals surface area contributed by atoms with Crippen LogP contribution in [0.2, 0.25) is 0 Å². The Labute approximate surface area is 140 Å². The highest BCUT2D eigenvalue weighted by atomic mass is 79.9. The summed E-state index contributed by atoms with van der Waals surface area (Å²) in [6.07, 6.45) is 1.83. The van der Waals surface area contributed by atoms with Gasteiger partial charge >= 0.3 is 5.97 Å². The number of hydrogen-bond donors (Lipinski definition) is 1. The molecule has 3 nitrogen and oxygen atoms in total. The Bertz CT molecular complexity index is 837. The van der Waals surface area contributed by atoms with Crippen LogP contribution in [0.1, 0.15) is 17.0 Å². The fraction of sp³-hybridized carbons (Fsp3) is 0.0588. The summed E-state index contributed by atoms with van der Waals surface area (Å²) < 4.78 is 1.99. The second-order valence-corrected chi connectivity index (χ2v) is 6.63. The number of carbonyl (C=O) groups is 1. The number of carboxylic acids is 1. The van der Waals surface area contributed by atoms with E-state index in [1.165, 1.54) is 11.3 Å². The number of carboxylic acid groups (broad SMARTS) is 1. The van der Waals surface area contributed by atoms with Gasteiger partial charge in [-0.3, -0.25) is 4.79 Å². The van der Waals surface area contributed by atoms with Crippen molar-refractivity contribution in [3.05, 3.63) is 63.6 Å². The number of halogens is 1. The molecule has 0 saturated heterocycles. The number of para-hydroxylation sites is 1. The summed E-state index contributed by atoms with van der Waals surface area (Å²) in [6, 6.07) is 15.5. The molecule has 22 heavy (non-hydrogen) atoms. The second-order valence-electron chi connectivity index (χ2n) is 4.75. The lowest BCUT2D eigenvalue weighted by atomic mass is 10.1. The highest BCUT2D eigenvalue weighted by Crippen LogP contribution is 2.31. The van der Waals surface area contributed by atoms with Crippen LogP contribution in [-0.4, -0.2) is 16.1 Å². The van der Waals surface area contributed by atoms with E-state index in [4.69, 9.17) is 0 Å². The highest BCUT2D eigenvalue weighted by molar-refractivity contribution is 9.10. The molecule has 0 aliphatic heterocycles. The summed E-state index contributed by atoms with van der Waals surface area (Å²) in [5.41, 5.74) is 2.55. The average Bonchev–Trinajstić information content (AvgIpc) is 2.92. The molecule has 0 aliphatic rings. The van der Waals surface area contributed by atoms with Gasteiger partial charge in [-0.05, 0) is 35.4 Å². The molecule has 2 aromatic carbocycles. The van der Waals surface area contributed by atoms with Gasteiger partial charge in [0, 0.05) is 4.47 Å². The summed E-state index contributed by atoms with van der Waals surface area (Å²) in [7, 11) is 0. The molecule has 0 saturated carbocycles. The van der Waals surface area contributed by atoms with Gasteiger partial charge in [0.15, 0.2) is 0 Å². The minimum absolute atomic E-state index is 0.0544. The molecule has 0 amide bonds. The van der Waals surface area contributed by atoms with Gasteiger partial charge in [0.1, 0.15) is 5.01 Å². The number of benzene rings is 2. The second kappa shape index (κ2) is 6.42. The van der Waals surface area contributed by atoms with Crippen LogP contribution in [0.15, 0.2) is 53.0 Å². The number of fused-ring (bicyclic) bond motifs is 1. The summed E-state index contributed by atoms with van der Waals surface area (Å²) in [6.45, 7) is 0. The van der Waals surface area contributed by atoms with Crippen LogP contribution in [0, 0.1) is 0 Å². The van der Waals surface area contributed by atoms with Crippen LogP contribution < -0.4 is 0 Å². The molecule has 0 radical (unpaired) electrons. The third-order valence-corrected chi connectivity index (χ3v) is 4.98. The fourth-order valence-corrected chi connectivity index (χ4v) is 3.52. The van der Waals surface area contributed by atoms with E-state index in [9.17, 15) is 9.90 Å². The van der Waals surface area contributed by atoms with Crippen LogP contribution in [0.5, 0.6) is 0 Å². The number of aliphatic carboxylic acids is 1. The van der Waals surface area contributed by atoms with E-state index in [1.54, 1.807) is 0 Å². The fourth-order valence-electron chi connectivity index (χ4n) is 2.14. The predicted octanol–water partition coefficient (Wildman–Crippen LogP) is 5.07. The Morgan fingerprint density at radius 1 is 1.18 bits per heavy atom. The van der Waals surface area contributed by atoms with Crippen molar-refractivity contribution in [1.29, 1.82) is 0 Å². The molecule has 0 unspecified atom stereocenters. The van der Waals surface area contributed by atoms with Crippen molar-refractivity contribution in [3.63, 3.8) is 0 Å². The SMILES string of the molecule is O=C(O)CC(=Cc1ccccc1Br)c1nc2ccccc2s1. The molecular formula is C17H12BrNO2S. The number of hydrogen-bond acceptors (Lipinski definition) is 3. The minimum Gasteiger partial charge on any atom is -0.481 e. The molecular weight excluding hydrogens is 362 g/mol. The van der Waals surface area contributed by atoms with Crippen LogP contribution in [-0.2, 0) is 4.79 Å². The average molecular weight is 374 g/mol. The third-order valence-electron chi connectivity index (χ3n) is 3.15. The highest BCUT2D eigenvalue weighted by Gasteiger charge is 2.13. The van der Waals surface area contributed by atoms with E-state index in [-0.39, 0.29) is 6.42 Å². The zero-order chi connectivity index (χ0) is 15.5. The molecule has 1 aromatic heterocycles. The Kier molecular flexibility index (Phi) is 4.36. The number of thiazole rings is 1. The quantitative estimate of drug-likeness (QED) is 0.693. The van der Waals surface area contributed by atoms with Crippen molar-refractivity contribution in [2.45, 2.75) is 6.42 Å². The van der Waals surface area contributed by atoms with Crippen molar-refractivity contribution in [2.75, 3.05) is 0 Å². The van der Waals surface area contributed by atoms with Crippen molar-refractivity contribution in [3.8, 4) is 0 Å². The Hall–Kier alpha value is -1.98. The van der Waals surface area contributed by atoms with E-state index in [1.807, 2.05) is 54.6 Å². The van der Waals surface area contributed by atoms with E-state index in [0.717, 1.165) is 25.3 Å². The van der Waals surface area contributed by atoms with E-state index in [2.05, 4.69) is 20.9 Å². The molecule has 110 valence electrons. The Morgan fingerprint density at radius 3 is 2.64 bits per heavy atom. The molecule has 3 rings (SSSR count). The van der Waals surface area contributed by atoms with Crippen LogP contribution >= 0.6 is 27.3 Å². The first kappa shape index (κ1) is 14.9. The predicted molar refractivity (Wildman–Crippen MR) is 93.9 cm³/mol. The van der Waals surface area contributed by atoms with Gasteiger partial charge in [0.2, 0.25) is 0 Å². The van der Waals surface area contributed by atoms with Crippen molar-refractivity contribution in [1.82, 2.24) is 4.98 Å². The number of nitrogens with zero attached hydrogens (tertiary/aromatic N) is 1. The first-order chi connectivity index (χ1) is 10.6. The maximum atomic E-state index is 11.2. The monoisotopic (exact) mass is 373 g/mol. The van der Waals surface area contributed by atoms with Gasteiger partial charge in [-0.1, -0.05) is 46.3 Å². The number of rotatable bonds is 4. The lowest BCUT2D eigenvalue weighted by Gasteiger charge is -2.03. The molecule has 1 N–H and O–H groups in total. The van der Waals surface area contributed by atoms with Gasteiger partial charge in [-0.25, -0.2) is 4.98 Å². The van der Waals surface area contributed by atoms with Crippen molar-refractivity contribution >= 4 is 55.1 Å². The maximum absolute atomic E-state index is 11.2. The summed E-state index contributed by atoms with van der Waals surface area (Å²) in [4.78, 5) is 15.8. The summed E-state index contributed by atoms with van der Waals surface area (Å²) in [5, 5.41) is 9.94. The van der Waals surface area contributed by atoms with E-state index in [0.29, 0.717) is 5.57 Å². The molecule has 0 aliphatic carbocycles. The van der Waals surface area contributed by atoms with Gasteiger partial charge in [0.05, 0.1) is 16.6 Å². The summed E-state index contributed by atoms with van der Waals surface area (Å²) in [5.74, 6) is -0.863. The van der Waals surface area contributed by atoms with Gasteiger partial charge in [0.25, 0.3) is 0 Å². The summed E-state index contributed by atoms with van der Waals surface area (Å²) >= 11 is 5.00. The molecule has 0 atom stereocenters. The third kappa shape index (κ3) is 3.26. The molecule has 0 fully saturated rings. The lowest BCUT2D eigenvalue weighted by molar-refractivity contribution is -0.135. The van der Waals surface area contributed by atoms with Crippen LogP contribution in [0.25, 0.3) is 21.9 Å². The lowest BCUT2D eigenvalue weighted by Crippen LogP contribution is -1.97. The van der Waals surface area contributed by atoms with E-state index >= 15 is 0 Å². The largest absolute Gasteiger partial charge is 0.481 e. The zero-order valence-electron chi connectivity index (χ0n) is 11.5. The van der Waals surface area contributed by atoms with Gasteiger partial charge in [-0.2, -0.15) is 0 Å². The van der Waals surface area contributed by atoms with Crippen LogP contribution in [0.4, 0.5) is 0 Å². The molecule has 1 heterocycles. The molecule has 3 aromatic rings. The first-order valence-electron chi connectivity index (χ1n) is 6.66. The van der Waals surface area contributed by atoms with Gasteiger partial charge < -0.3 is 5.11 Å². The zero-order valence-corrected chi connectivity index (χ0v) is 13.9. The Morgan fingerprint density at radius 2 is 1.91 bits per heavy atom.